The molecule has 94 valence electrons. The molecule has 0 fully saturated rings. The molecule has 0 amide bonds. The zero-order valence-electron chi connectivity index (χ0n) is 8.78. The first kappa shape index (κ1) is 12.3. The van der Waals surface area contributed by atoms with E-state index in [9.17, 15) is 22.0 Å². The Morgan fingerprint density at radius 2 is 1.11 bits per heavy atom. The van der Waals surface area contributed by atoms with Crippen molar-refractivity contribution in [3.63, 3.8) is 0 Å². The second-order valence-corrected chi connectivity index (χ2v) is 3.53. The number of anilines is 1. The molecule has 0 saturated carbocycles. The summed E-state index contributed by atoms with van der Waals surface area (Å²) in [5.74, 6) is -9.98. The molecule has 0 saturated heterocycles. The van der Waals surface area contributed by atoms with Gasteiger partial charge in [-0.25, -0.2) is 22.0 Å². The highest BCUT2D eigenvalue weighted by molar-refractivity contribution is 5.77. The van der Waals surface area contributed by atoms with E-state index in [2.05, 4.69) is 0 Å². The lowest BCUT2D eigenvalue weighted by atomic mass is 10.0. The molecule has 0 aromatic heterocycles. The summed E-state index contributed by atoms with van der Waals surface area (Å²) in [7, 11) is 0. The van der Waals surface area contributed by atoms with E-state index in [0.29, 0.717) is 0 Å². The van der Waals surface area contributed by atoms with Crippen molar-refractivity contribution >= 4 is 5.69 Å². The minimum absolute atomic E-state index is 0.0827. The number of rotatable bonds is 1. The lowest BCUT2D eigenvalue weighted by molar-refractivity contribution is 0.381. The molecule has 0 radical (unpaired) electrons. The summed E-state index contributed by atoms with van der Waals surface area (Å²) in [6.45, 7) is 0. The van der Waals surface area contributed by atoms with Crippen molar-refractivity contribution < 1.29 is 22.0 Å². The van der Waals surface area contributed by atoms with Gasteiger partial charge in [0.25, 0.3) is 0 Å². The second-order valence-electron chi connectivity index (χ2n) is 3.53. The van der Waals surface area contributed by atoms with Crippen molar-refractivity contribution in [2.24, 2.45) is 0 Å². The van der Waals surface area contributed by atoms with Crippen LogP contribution in [0.3, 0.4) is 0 Å². The van der Waals surface area contributed by atoms with Gasteiger partial charge in [-0.05, 0) is 6.07 Å². The van der Waals surface area contributed by atoms with Crippen LogP contribution in [0.15, 0.2) is 24.3 Å². The zero-order chi connectivity index (χ0) is 13.4. The fraction of sp³-hybridized carbons (Fsp3) is 0. The van der Waals surface area contributed by atoms with Crippen LogP contribution in [0.4, 0.5) is 27.6 Å². The monoisotopic (exact) mass is 259 g/mol. The van der Waals surface area contributed by atoms with Gasteiger partial charge in [-0.1, -0.05) is 18.2 Å². The molecule has 0 aliphatic carbocycles. The van der Waals surface area contributed by atoms with Gasteiger partial charge >= 0.3 is 0 Å². The standard InChI is InChI=1S/C12H6F5N/c13-8-7(5-3-1-2-4-6(5)18)9(14)11(16)12(17)10(8)15/h1-4H,18H2. The number of halogens is 5. The van der Waals surface area contributed by atoms with Gasteiger partial charge in [-0.3, -0.25) is 0 Å². The number of hydrogen-bond acceptors (Lipinski definition) is 1. The fourth-order valence-electron chi connectivity index (χ4n) is 1.57. The van der Waals surface area contributed by atoms with Crippen LogP contribution < -0.4 is 5.73 Å². The Morgan fingerprint density at radius 3 is 1.61 bits per heavy atom. The van der Waals surface area contributed by atoms with Crippen LogP contribution in [-0.4, -0.2) is 0 Å². The largest absolute Gasteiger partial charge is 0.398 e. The molecule has 6 heteroatoms. The molecule has 0 atom stereocenters. The van der Waals surface area contributed by atoms with E-state index in [-0.39, 0.29) is 11.3 Å². The van der Waals surface area contributed by atoms with Gasteiger partial charge in [0, 0.05) is 11.3 Å². The number of nitrogens with two attached hydrogens (primary N) is 1. The fourth-order valence-corrected chi connectivity index (χ4v) is 1.57. The molecule has 2 aromatic rings. The van der Waals surface area contributed by atoms with E-state index in [1.54, 1.807) is 0 Å². The van der Waals surface area contributed by atoms with Crippen LogP contribution in [-0.2, 0) is 0 Å². The highest BCUT2D eigenvalue weighted by Crippen LogP contribution is 2.34. The molecule has 0 aliphatic rings. The predicted molar refractivity (Wildman–Crippen MR) is 56.1 cm³/mol. The number of hydrogen-bond donors (Lipinski definition) is 1. The minimum Gasteiger partial charge on any atom is -0.398 e. The normalized spacial score (nSPS) is 10.7. The topological polar surface area (TPSA) is 26.0 Å². The maximum atomic E-state index is 13.5. The summed E-state index contributed by atoms with van der Waals surface area (Å²) in [4.78, 5) is 0. The van der Waals surface area contributed by atoms with Gasteiger partial charge in [-0.2, -0.15) is 0 Å². The molecule has 0 aliphatic heterocycles. The van der Waals surface area contributed by atoms with Gasteiger partial charge in [0.2, 0.25) is 5.82 Å². The van der Waals surface area contributed by atoms with E-state index in [1.807, 2.05) is 0 Å². The van der Waals surface area contributed by atoms with Gasteiger partial charge in [0.05, 0.1) is 5.56 Å². The van der Waals surface area contributed by atoms with Gasteiger partial charge in [0.15, 0.2) is 23.3 Å². The highest BCUT2D eigenvalue weighted by Gasteiger charge is 2.27. The first-order valence-electron chi connectivity index (χ1n) is 4.81. The van der Waals surface area contributed by atoms with E-state index in [4.69, 9.17) is 5.73 Å². The Balaban J connectivity index is 2.85. The Labute approximate surface area is 98.7 Å². The number of para-hydroxylation sites is 1. The summed E-state index contributed by atoms with van der Waals surface area (Å²) < 4.78 is 65.9. The van der Waals surface area contributed by atoms with Crippen molar-refractivity contribution in [2.45, 2.75) is 0 Å². The van der Waals surface area contributed by atoms with E-state index >= 15 is 0 Å². The molecule has 18 heavy (non-hydrogen) atoms. The summed E-state index contributed by atoms with van der Waals surface area (Å²) in [5, 5.41) is 0. The maximum Gasteiger partial charge on any atom is 0.200 e. The van der Waals surface area contributed by atoms with Crippen molar-refractivity contribution in [3.05, 3.63) is 53.4 Å². The minimum atomic E-state index is -2.19. The van der Waals surface area contributed by atoms with E-state index in [1.165, 1.54) is 24.3 Å². The lowest BCUT2D eigenvalue weighted by Crippen LogP contribution is -2.05. The Hall–Kier alpha value is -2.11. The van der Waals surface area contributed by atoms with Crippen molar-refractivity contribution in [1.82, 2.24) is 0 Å². The smallest absolute Gasteiger partial charge is 0.200 e. The molecule has 1 nitrogen and oxygen atoms in total. The summed E-state index contributed by atoms with van der Waals surface area (Å²) >= 11 is 0. The Morgan fingerprint density at radius 1 is 0.667 bits per heavy atom. The van der Waals surface area contributed by atoms with Crippen molar-refractivity contribution in [2.75, 3.05) is 5.73 Å². The van der Waals surface area contributed by atoms with Gasteiger partial charge in [0.1, 0.15) is 0 Å². The third-order valence-electron chi connectivity index (χ3n) is 2.44. The second kappa shape index (κ2) is 4.29. The number of benzene rings is 2. The Kier molecular flexibility index (Phi) is 2.94. The van der Waals surface area contributed by atoms with Crippen molar-refractivity contribution in [3.8, 4) is 11.1 Å². The summed E-state index contributed by atoms with van der Waals surface area (Å²) in [5.41, 5.74) is 4.11. The molecule has 2 N–H and O–H groups in total. The van der Waals surface area contributed by atoms with Gasteiger partial charge in [-0.15, -0.1) is 0 Å². The third-order valence-corrected chi connectivity index (χ3v) is 2.44. The molecule has 0 bridgehead atoms. The zero-order valence-corrected chi connectivity index (χ0v) is 8.78. The van der Waals surface area contributed by atoms with Crippen LogP contribution >= 0.6 is 0 Å². The Bertz CT molecular complexity index is 595. The van der Waals surface area contributed by atoms with Crippen LogP contribution in [0.2, 0.25) is 0 Å². The maximum absolute atomic E-state index is 13.5. The van der Waals surface area contributed by atoms with Crippen LogP contribution in [0, 0.1) is 29.1 Å². The first-order chi connectivity index (χ1) is 8.45. The van der Waals surface area contributed by atoms with Crippen molar-refractivity contribution in [1.29, 1.82) is 0 Å². The third kappa shape index (κ3) is 1.70. The molecule has 0 unspecified atom stereocenters. The first-order valence-corrected chi connectivity index (χ1v) is 4.81. The lowest BCUT2D eigenvalue weighted by Gasteiger charge is -2.10. The molecule has 0 heterocycles. The summed E-state index contributed by atoms with van der Waals surface area (Å²) in [6, 6.07) is 5.33. The van der Waals surface area contributed by atoms with Crippen LogP contribution in [0.1, 0.15) is 0 Å². The highest BCUT2D eigenvalue weighted by atomic mass is 19.2. The quantitative estimate of drug-likeness (QED) is 0.360. The van der Waals surface area contributed by atoms with Gasteiger partial charge < -0.3 is 5.73 Å². The molecule has 0 spiro atoms. The van der Waals surface area contributed by atoms with E-state index < -0.39 is 34.6 Å². The average molecular weight is 259 g/mol. The molecule has 2 rings (SSSR count). The molecular weight excluding hydrogens is 253 g/mol. The van der Waals surface area contributed by atoms with Crippen LogP contribution in [0.25, 0.3) is 11.1 Å². The SMILES string of the molecule is Nc1ccccc1-c1c(F)c(F)c(F)c(F)c1F. The molecule has 2 aromatic carbocycles. The van der Waals surface area contributed by atoms with E-state index in [0.717, 1.165) is 0 Å². The molecular formula is C12H6F5N. The average Bonchev–Trinajstić information content (AvgIpc) is 2.36. The summed E-state index contributed by atoms with van der Waals surface area (Å²) in [6.07, 6.45) is 0. The number of nitrogen functional groups attached to an aromatic ring is 1. The van der Waals surface area contributed by atoms with Crippen LogP contribution in [0.5, 0.6) is 0 Å². The predicted octanol–water partition coefficient (Wildman–Crippen LogP) is 3.63.